The fourth-order valence-electron chi connectivity index (χ4n) is 2.99. The van der Waals surface area contributed by atoms with Crippen LogP contribution in [0.1, 0.15) is 22.8 Å². The number of nitrogens with zero attached hydrogens (tertiary/aromatic N) is 1. The van der Waals surface area contributed by atoms with Crippen molar-refractivity contribution in [1.82, 2.24) is 0 Å². The lowest BCUT2D eigenvalue weighted by Gasteiger charge is -2.18. The largest absolute Gasteiger partial charge is 0.545 e. The van der Waals surface area contributed by atoms with Crippen molar-refractivity contribution in [3.63, 3.8) is 0 Å². The molecule has 7 heteroatoms. The first kappa shape index (κ1) is 19.4. The minimum Gasteiger partial charge on any atom is -0.545 e. The molecule has 0 N–H and O–H groups in total. The van der Waals surface area contributed by atoms with Gasteiger partial charge >= 0.3 is 5.97 Å². The van der Waals surface area contributed by atoms with Gasteiger partial charge in [-0.3, -0.25) is 9.69 Å². The number of ether oxygens (including phenoxy) is 1. The number of carbonyl (C=O) groups excluding carboxylic acids is 3. The summed E-state index contributed by atoms with van der Waals surface area (Å²) in [7, 11) is 1.24. The van der Waals surface area contributed by atoms with Crippen molar-refractivity contribution in [2.45, 2.75) is 6.92 Å². The van der Waals surface area contributed by atoms with Crippen molar-refractivity contribution in [3.05, 3.63) is 81.5 Å². The summed E-state index contributed by atoms with van der Waals surface area (Å²) in [5.41, 5.74) is 1.78. The molecule has 1 aliphatic heterocycles. The number of carboxylic acids is 1. The van der Waals surface area contributed by atoms with Gasteiger partial charge in [0.05, 0.1) is 29.9 Å². The third-order valence-electron chi connectivity index (χ3n) is 4.31. The van der Waals surface area contributed by atoms with Gasteiger partial charge in [0.15, 0.2) is 0 Å². The Labute approximate surface area is 166 Å². The molecule has 0 aromatic heterocycles. The van der Waals surface area contributed by atoms with Crippen LogP contribution in [0.4, 0.5) is 5.69 Å². The lowest BCUT2D eigenvalue weighted by Crippen LogP contribution is -2.24. The van der Waals surface area contributed by atoms with Crippen LogP contribution in [0, 0.1) is 0 Å². The molecule has 2 aromatic rings. The Balaban J connectivity index is 2.10. The fourth-order valence-corrected chi connectivity index (χ4v) is 3.17. The van der Waals surface area contributed by atoms with Crippen LogP contribution in [-0.2, 0) is 14.3 Å². The minimum absolute atomic E-state index is 0.0142. The zero-order valence-electron chi connectivity index (χ0n) is 15.1. The van der Waals surface area contributed by atoms with Crippen molar-refractivity contribution in [2.24, 2.45) is 0 Å². The number of aromatic carboxylic acids is 1. The summed E-state index contributed by atoms with van der Waals surface area (Å²) in [4.78, 5) is 37.7. The molecule has 6 nitrogen and oxygen atoms in total. The summed E-state index contributed by atoms with van der Waals surface area (Å²) in [6.07, 6.45) is 1.52. The highest BCUT2D eigenvalue weighted by molar-refractivity contribution is 6.31. The van der Waals surface area contributed by atoms with Gasteiger partial charge in [0.2, 0.25) is 0 Å². The van der Waals surface area contributed by atoms with Gasteiger partial charge in [-0.2, -0.15) is 0 Å². The average molecular weight is 397 g/mol. The van der Waals surface area contributed by atoms with Crippen LogP contribution in [0.25, 0.3) is 6.08 Å². The molecule has 0 bridgehead atoms. The minimum atomic E-state index is -1.30. The van der Waals surface area contributed by atoms with Gasteiger partial charge in [-0.05, 0) is 42.3 Å². The first-order valence-corrected chi connectivity index (χ1v) is 8.64. The highest BCUT2D eigenvalue weighted by atomic mass is 35.5. The van der Waals surface area contributed by atoms with Gasteiger partial charge in [-0.15, -0.1) is 0 Å². The number of amides is 1. The first-order valence-electron chi connectivity index (χ1n) is 8.26. The number of allylic oxidation sites excluding steroid dienone is 1. The number of carbonyl (C=O) groups is 3. The van der Waals surface area contributed by atoms with Crippen LogP contribution in [0.2, 0.25) is 5.02 Å². The summed E-state index contributed by atoms with van der Waals surface area (Å²) >= 11 is 6.04. The maximum atomic E-state index is 13.1. The van der Waals surface area contributed by atoms with Gasteiger partial charge in [0.1, 0.15) is 0 Å². The Kier molecular flexibility index (Phi) is 5.33. The van der Waals surface area contributed by atoms with Gasteiger partial charge in [0.25, 0.3) is 5.91 Å². The van der Waals surface area contributed by atoms with Crippen molar-refractivity contribution in [2.75, 3.05) is 12.0 Å². The van der Waals surface area contributed by atoms with E-state index in [4.69, 9.17) is 16.3 Å². The molecule has 3 rings (SSSR count). The molecule has 0 unspecified atom stereocenters. The predicted octanol–water partition coefficient (Wildman–Crippen LogP) is 2.58. The third-order valence-corrected chi connectivity index (χ3v) is 4.55. The van der Waals surface area contributed by atoms with Crippen molar-refractivity contribution >= 4 is 41.2 Å². The van der Waals surface area contributed by atoms with Gasteiger partial charge in [0, 0.05) is 10.7 Å². The predicted molar refractivity (Wildman–Crippen MR) is 102 cm³/mol. The Morgan fingerprint density at radius 2 is 1.82 bits per heavy atom. The van der Waals surface area contributed by atoms with E-state index in [9.17, 15) is 19.5 Å². The second-order valence-corrected chi connectivity index (χ2v) is 6.48. The third kappa shape index (κ3) is 3.54. The number of hydrogen-bond donors (Lipinski definition) is 0. The van der Waals surface area contributed by atoms with Crippen molar-refractivity contribution in [3.8, 4) is 0 Å². The topological polar surface area (TPSA) is 86.7 Å². The van der Waals surface area contributed by atoms with Gasteiger partial charge < -0.3 is 14.6 Å². The number of halogens is 1. The molecule has 1 heterocycles. The smallest absolute Gasteiger partial charge is 0.340 e. The van der Waals surface area contributed by atoms with E-state index >= 15 is 0 Å². The van der Waals surface area contributed by atoms with E-state index in [1.165, 1.54) is 42.4 Å². The number of esters is 1. The molecular formula is C21H15ClNO5-. The maximum absolute atomic E-state index is 13.1. The molecule has 0 aliphatic carbocycles. The number of benzene rings is 2. The van der Waals surface area contributed by atoms with E-state index < -0.39 is 17.8 Å². The number of rotatable bonds is 4. The molecule has 0 saturated carbocycles. The summed E-state index contributed by atoms with van der Waals surface area (Å²) in [5.74, 6) is -2.36. The Hall–Kier alpha value is -3.38. The monoisotopic (exact) mass is 396 g/mol. The zero-order valence-corrected chi connectivity index (χ0v) is 15.8. The van der Waals surface area contributed by atoms with Crippen LogP contribution in [0.5, 0.6) is 0 Å². The number of methoxy groups -OCH3 is 1. The van der Waals surface area contributed by atoms with Crippen molar-refractivity contribution < 1.29 is 24.2 Å². The lowest BCUT2D eigenvalue weighted by molar-refractivity contribution is -0.255. The Morgan fingerprint density at radius 1 is 1.14 bits per heavy atom. The van der Waals surface area contributed by atoms with Crippen molar-refractivity contribution in [1.29, 1.82) is 0 Å². The SMILES string of the molecule is COC(=O)C1=C(C)N(c2cccc(Cl)c2)C(=O)/C1=C\c1ccc(C(=O)[O-])cc1. The zero-order chi connectivity index (χ0) is 20.4. The first-order chi connectivity index (χ1) is 13.3. The highest BCUT2D eigenvalue weighted by Crippen LogP contribution is 2.36. The summed E-state index contributed by atoms with van der Waals surface area (Å²) < 4.78 is 4.85. The number of carboxylic acid groups (broad SMARTS) is 1. The molecule has 2 aromatic carbocycles. The normalized spacial score (nSPS) is 15.3. The van der Waals surface area contributed by atoms with Gasteiger partial charge in [-0.1, -0.05) is 41.9 Å². The molecule has 0 fully saturated rings. The van der Waals surface area contributed by atoms with E-state index in [2.05, 4.69) is 0 Å². The molecule has 28 heavy (non-hydrogen) atoms. The second-order valence-electron chi connectivity index (χ2n) is 6.04. The Morgan fingerprint density at radius 3 is 2.39 bits per heavy atom. The van der Waals surface area contributed by atoms with E-state index in [1.54, 1.807) is 31.2 Å². The molecule has 0 spiro atoms. The Bertz CT molecular complexity index is 1040. The van der Waals surface area contributed by atoms with Crippen LogP contribution >= 0.6 is 11.6 Å². The lowest BCUT2D eigenvalue weighted by atomic mass is 10.0. The number of hydrogen-bond acceptors (Lipinski definition) is 5. The fraction of sp³-hybridized carbons (Fsp3) is 0.0952. The summed E-state index contributed by atoms with van der Waals surface area (Å²) in [6, 6.07) is 12.5. The average Bonchev–Trinajstić information content (AvgIpc) is 2.91. The van der Waals surface area contributed by atoms with Gasteiger partial charge in [-0.25, -0.2) is 4.79 Å². The van der Waals surface area contributed by atoms with E-state index in [0.29, 0.717) is 22.0 Å². The van der Waals surface area contributed by atoms with E-state index in [0.717, 1.165) is 0 Å². The molecule has 1 aliphatic rings. The van der Waals surface area contributed by atoms with Crippen LogP contribution in [0.15, 0.2) is 65.4 Å². The standard InChI is InChI=1S/C21H16ClNO5/c1-12-18(21(27)28-2)17(10-13-6-8-14(9-7-13)20(25)26)19(24)23(12)16-5-3-4-15(22)11-16/h3-11H,1-2H3,(H,25,26)/p-1/b17-10-. The maximum Gasteiger partial charge on any atom is 0.340 e. The van der Waals surface area contributed by atoms with E-state index in [1.807, 2.05) is 0 Å². The van der Waals surface area contributed by atoms with E-state index in [-0.39, 0.29) is 16.7 Å². The molecular weight excluding hydrogens is 382 g/mol. The molecule has 1 amide bonds. The molecule has 142 valence electrons. The molecule has 0 radical (unpaired) electrons. The number of anilines is 1. The van der Waals surface area contributed by atoms with Crippen LogP contribution < -0.4 is 10.0 Å². The molecule has 0 atom stereocenters. The summed E-state index contributed by atoms with van der Waals surface area (Å²) in [6.45, 7) is 1.64. The second kappa shape index (κ2) is 7.70. The quantitative estimate of drug-likeness (QED) is 0.585. The summed E-state index contributed by atoms with van der Waals surface area (Å²) in [5, 5.41) is 11.3. The molecule has 0 saturated heterocycles. The van der Waals surface area contributed by atoms with Crippen LogP contribution in [0.3, 0.4) is 0 Å². The highest BCUT2D eigenvalue weighted by Gasteiger charge is 2.37. The van der Waals surface area contributed by atoms with Crippen LogP contribution in [-0.4, -0.2) is 25.0 Å².